The quantitative estimate of drug-likeness (QED) is 0.661. The molecule has 0 aliphatic carbocycles. The molecule has 0 spiro atoms. The summed E-state index contributed by atoms with van der Waals surface area (Å²) in [7, 11) is 0. The van der Waals surface area contributed by atoms with Gasteiger partial charge in [-0.15, -0.1) is 12.4 Å². The zero-order valence-electron chi connectivity index (χ0n) is 11.1. The SMILES string of the molecule is Cl.NC(=O)CCCN1CCc2ccc([N+](=O)[O-])cc2C1. The van der Waals surface area contributed by atoms with Crippen molar-refractivity contribution in [3.05, 3.63) is 39.4 Å². The van der Waals surface area contributed by atoms with Gasteiger partial charge >= 0.3 is 0 Å². The van der Waals surface area contributed by atoms with Crippen LogP contribution in [0.2, 0.25) is 0 Å². The van der Waals surface area contributed by atoms with Crippen molar-refractivity contribution < 1.29 is 9.72 Å². The average Bonchev–Trinajstić information content (AvgIpc) is 2.37. The average molecular weight is 300 g/mol. The summed E-state index contributed by atoms with van der Waals surface area (Å²) in [4.78, 5) is 23.3. The Morgan fingerprint density at radius 3 is 2.80 bits per heavy atom. The van der Waals surface area contributed by atoms with Crippen LogP contribution in [0.3, 0.4) is 0 Å². The molecule has 1 aliphatic heterocycles. The molecule has 1 aliphatic rings. The number of nitro groups is 1. The number of hydrogen-bond donors (Lipinski definition) is 1. The highest BCUT2D eigenvalue weighted by Gasteiger charge is 2.18. The molecule has 2 N–H and O–H groups in total. The van der Waals surface area contributed by atoms with Crippen molar-refractivity contribution in [3.63, 3.8) is 0 Å². The van der Waals surface area contributed by atoms with E-state index in [9.17, 15) is 14.9 Å². The summed E-state index contributed by atoms with van der Waals surface area (Å²) >= 11 is 0. The molecule has 0 saturated carbocycles. The first-order valence-electron chi connectivity index (χ1n) is 6.33. The molecular weight excluding hydrogens is 282 g/mol. The van der Waals surface area contributed by atoms with Gasteiger partial charge in [-0.1, -0.05) is 6.07 Å². The van der Waals surface area contributed by atoms with E-state index in [0.29, 0.717) is 13.0 Å². The lowest BCUT2D eigenvalue weighted by Gasteiger charge is -2.28. The first-order chi connectivity index (χ1) is 9.06. The van der Waals surface area contributed by atoms with Gasteiger partial charge in [0.25, 0.3) is 5.69 Å². The van der Waals surface area contributed by atoms with E-state index in [4.69, 9.17) is 5.73 Å². The maximum absolute atomic E-state index is 10.8. The van der Waals surface area contributed by atoms with Gasteiger partial charge in [-0.2, -0.15) is 0 Å². The molecule has 1 aromatic carbocycles. The van der Waals surface area contributed by atoms with Crippen LogP contribution < -0.4 is 5.73 Å². The highest BCUT2D eigenvalue weighted by Crippen LogP contribution is 2.23. The van der Waals surface area contributed by atoms with Crippen molar-refractivity contribution in [2.45, 2.75) is 25.8 Å². The molecule has 0 fully saturated rings. The van der Waals surface area contributed by atoms with Gasteiger partial charge in [-0.05, 0) is 30.5 Å². The molecule has 1 aromatic rings. The minimum absolute atomic E-state index is 0. The molecule has 0 atom stereocenters. The van der Waals surface area contributed by atoms with E-state index in [1.165, 1.54) is 5.56 Å². The van der Waals surface area contributed by atoms with Crippen LogP contribution in [0, 0.1) is 10.1 Å². The fraction of sp³-hybridized carbons (Fsp3) is 0.462. The number of amides is 1. The smallest absolute Gasteiger partial charge is 0.269 e. The Labute approximate surface area is 123 Å². The van der Waals surface area contributed by atoms with Gasteiger partial charge in [0.1, 0.15) is 0 Å². The van der Waals surface area contributed by atoms with Crippen LogP contribution in [0.4, 0.5) is 5.69 Å². The normalized spacial score (nSPS) is 14.2. The van der Waals surface area contributed by atoms with Gasteiger partial charge < -0.3 is 5.73 Å². The topological polar surface area (TPSA) is 89.5 Å². The number of nitro benzene ring substituents is 1. The van der Waals surface area contributed by atoms with E-state index in [0.717, 1.165) is 31.5 Å². The lowest BCUT2D eigenvalue weighted by atomic mass is 9.99. The minimum Gasteiger partial charge on any atom is -0.370 e. The van der Waals surface area contributed by atoms with Crippen LogP contribution in [0.15, 0.2) is 18.2 Å². The standard InChI is InChI=1S/C13H17N3O3.ClH/c14-13(17)2-1-6-15-7-5-10-3-4-12(16(18)19)8-11(10)9-15;/h3-4,8H,1-2,5-7,9H2,(H2,14,17);1H. The van der Waals surface area contributed by atoms with E-state index in [-0.39, 0.29) is 28.9 Å². The summed E-state index contributed by atoms with van der Waals surface area (Å²) in [6.45, 7) is 2.42. The maximum Gasteiger partial charge on any atom is 0.269 e. The van der Waals surface area contributed by atoms with Crippen LogP contribution >= 0.6 is 12.4 Å². The Morgan fingerprint density at radius 2 is 2.15 bits per heavy atom. The predicted octanol–water partition coefficient (Wildman–Crippen LogP) is 1.64. The summed E-state index contributed by atoms with van der Waals surface area (Å²) in [6, 6.07) is 5.05. The zero-order chi connectivity index (χ0) is 13.8. The van der Waals surface area contributed by atoms with Crippen LogP contribution in [0.5, 0.6) is 0 Å². The van der Waals surface area contributed by atoms with Crippen LogP contribution in [-0.2, 0) is 17.8 Å². The second-order valence-electron chi connectivity index (χ2n) is 4.81. The van der Waals surface area contributed by atoms with Crippen molar-refractivity contribution in [2.75, 3.05) is 13.1 Å². The summed E-state index contributed by atoms with van der Waals surface area (Å²) in [5, 5.41) is 10.8. The monoisotopic (exact) mass is 299 g/mol. The maximum atomic E-state index is 10.8. The van der Waals surface area contributed by atoms with Crippen molar-refractivity contribution in [2.24, 2.45) is 5.73 Å². The number of hydrogen-bond acceptors (Lipinski definition) is 4. The molecule has 2 rings (SSSR count). The van der Waals surface area contributed by atoms with E-state index in [2.05, 4.69) is 4.90 Å². The summed E-state index contributed by atoms with van der Waals surface area (Å²) < 4.78 is 0. The number of nitrogens with two attached hydrogens (primary N) is 1. The summed E-state index contributed by atoms with van der Waals surface area (Å²) in [5.74, 6) is -0.284. The lowest BCUT2D eigenvalue weighted by Crippen LogP contribution is -2.31. The third kappa shape index (κ3) is 4.18. The first kappa shape index (κ1) is 16.4. The van der Waals surface area contributed by atoms with Crippen molar-refractivity contribution in [3.8, 4) is 0 Å². The molecule has 0 aromatic heterocycles. The zero-order valence-corrected chi connectivity index (χ0v) is 11.9. The summed E-state index contributed by atoms with van der Waals surface area (Å²) in [5.41, 5.74) is 7.43. The van der Waals surface area contributed by atoms with Gasteiger partial charge in [0.15, 0.2) is 0 Å². The molecule has 0 saturated heterocycles. The second-order valence-corrected chi connectivity index (χ2v) is 4.81. The summed E-state index contributed by atoms with van der Waals surface area (Å²) in [6.07, 6.45) is 2.02. The first-order valence-corrected chi connectivity index (χ1v) is 6.33. The van der Waals surface area contributed by atoms with E-state index in [1.54, 1.807) is 12.1 Å². The molecule has 0 bridgehead atoms. The Hall–Kier alpha value is -1.66. The molecule has 7 heteroatoms. The molecule has 0 unspecified atom stereocenters. The van der Waals surface area contributed by atoms with Crippen molar-refractivity contribution in [1.29, 1.82) is 0 Å². The number of halogens is 1. The van der Waals surface area contributed by atoms with Crippen molar-refractivity contribution in [1.82, 2.24) is 4.90 Å². The van der Waals surface area contributed by atoms with E-state index >= 15 is 0 Å². The third-order valence-electron chi connectivity index (χ3n) is 3.39. The highest BCUT2D eigenvalue weighted by molar-refractivity contribution is 5.85. The van der Waals surface area contributed by atoms with E-state index < -0.39 is 0 Å². The fourth-order valence-corrected chi connectivity index (χ4v) is 2.38. The molecule has 110 valence electrons. The van der Waals surface area contributed by atoms with E-state index in [1.807, 2.05) is 6.07 Å². The molecular formula is C13H18ClN3O3. The van der Waals surface area contributed by atoms with Gasteiger partial charge in [-0.25, -0.2) is 0 Å². The molecule has 1 heterocycles. The van der Waals surface area contributed by atoms with Gasteiger partial charge in [0.05, 0.1) is 4.92 Å². The van der Waals surface area contributed by atoms with Gasteiger partial charge in [0.2, 0.25) is 5.91 Å². The number of nitrogens with zero attached hydrogens (tertiary/aromatic N) is 2. The number of fused-ring (bicyclic) bond motifs is 1. The second kappa shape index (κ2) is 7.21. The Morgan fingerprint density at radius 1 is 1.40 bits per heavy atom. The number of rotatable bonds is 5. The number of carbonyl (C=O) groups excluding carboxylic acids is 1. The van der Waals surface area contributed by atoms with Crippen LogP contribution in [0.1, 0.15) is 24.0 Å². The Bertz CT molecular complexity index is 508. The molecule has 6 nitrogen and oxygen atoms in total. The molecule has 1 amide bonds. The molecule has 20 heavy (non-hydrogen) atoms. The number of non-ortho nitro benzene ring substituents is 1. The fourth-order valence-electron chi connectivity index (χ4n) is 2.38. The predicted molar refractivity (Wildman–Crippen MR) is 77.8 cm³/mol. The van der Waals surface area contributed by atoms with Crippen molar-refractivity contribution >= 4 is 24.0 Å². The number of carbonyl (C=O) groups is 1. The largest absolute Gasteiger partial charge is 0.370 e. The van der Waals surface area contributed by atoms with Crippen LogP contribution in [0.25, 0.3) is 0 Å². The number of benzene rings is 1. The molecule has 0 radical (unpaired) electrons. The number of primary amides is 1. The minimum atomic E-state index is -0.369. The van der Waals surface area contributed by atoms with Gasteiger partial charge in [0, 0.05) is 31.6 Å². The third-order valence-corrected chi connectivity index (χ3v) is 3.39. The van der Waals surface area contributed by atoms with Crippen LogP contribution in [-0.4, -0.2) is 28.8 Å². The highest BCUT2D eigenvalue weighted by atomic mass is 35.5. The Balaban J connectivity index is 0.00000200. The Kier molecular flexibility index (Phi) is 5.91. The van der Waals surface area contributed by atoms with Gasteiger partial charge in [-0.3, -0.25) is 19.8 Å². The lowest BCUT2D eigenvalue weighted by molar-refractivity contribution is -0.385.